The quantitative estimate of drug-likeness (QED) is 0.850. The van der Waals surface area contributed by atoms with E-state index in [1.165, 1.54) is 17.3 Å². The van der Waals surface area contributed by atoms with Crippen LogP contribution in [0.2, 0.25) is 0 Å². The number of nitrogens with one attached hydrogen (secondary N) is 1. The highest BCUT2D eigenvalue weighted by Crippen LogP contribution is 2.25. The van der Waals surface area contributed by atoms with Crippen molar-refractivity contribution >= 4 is 11.8 Å². The van der Waals surface area contributed by atoms with Gasteiger partial charge in [-0.25, -0.2) is 15.0 Å². The van der Waals surface area contributed by atoms with Crippen molar-refractivity contribution in [1.29, 1.82) is 0 Å². The SMILES string of the molecule is Cc1cnc(Sc2ncccc2CNC(C)C)nc1. The second kappa shape index (κ2) is 6.63. The molecule has 1 N–H and O–H groups in total. The molecule has 0 aliphatic rings. The third-order valence-electron chi connectivity index (χ3n) is 2.50. The molecule has 0 saturated carbocycles. The van der Waals surface area contributed by atoms with E-state index in [0.717, 1.165) is 22.3 Å². The highest BCUT2D eigenvalue weighted by molar-refractivity contribution is 7.99. The van der Waals surface area contributed by atoms with Gasteiger partial charge in [0.2, 0.25) is 0 Å². The summed E-state index contributed by atoms with van der Waals surface area (Å²) in [6.45, 7) is 7.05. The normalized spacial score (nSPS) is 10.9. The molecule has 0 atom stereocenters. The van der Waals surface area contributed by atoms with Crippen LogP contribution in [0, 0.1) is 6.92 Å². The third kappa shape index (κ3) is 4.29. The van der Waals surface area contributed by atoms with Crippen molar-refractivity contribution in [3.63, 3.8) is 0 Å². The smallest absolute Gasteiger partial charge is 0.193 e. The van der Waals surface area contributed by atoms with E-state index in [-0.39, 0.29) is 0 Å². The van der Waals surface area contributed by atoms with Gasteiger partial charge in [-0.05, 0) is 35.9 Å². The minimum atomic E-state index is 0.452. The monoisotopic (exact) mass is 274 g/mol. The lowest BCUT2D eigenvalue weighted by Crippen LogP contribution is -2.22. The zero-order valence-corrected chi connectivity index (χ0v) is 12.2. The zero-order valence-electron chi connectivity index (χ0n) is 11.4. The summed E-state index contributed by atoms with van der Waals surface area (Å²) in [5, 5.41) is 5.09. The summed E-state index contributed by atoms with van der Waals surface area (Å²) in [6, 6.07) is 4.49. The molecule has 0 aromatic carbocycles. The fourth-order valence-electron chi connectivity index (χ4n) is 1.48. The Balaban J connectivity index is 2.13. The molecule has 5 heteroatoms. The van der Waals surface area contributed by atoms with Gasteiger partial charge >= 0.3 is 0 Å². The lowest BCUT2D eigenvalue weighted by molar-refractivity contribution is 0.582. The van der Waals surface area contributed by atoms with E-state index in [1.54, 1.807) is 6.20 Å². The van der Waals surface area contributed by atoms with Gasteiger partial charge in [0, 0.05) is 31.2 Å². The average molecular weight is 274 g/mol. The number of hydrogen-bond donors (Lipinski definition) is 1. The molecular weight excluding hydrogens is 256 g/mol. The number of aromatic nitrogens is 3. The Morgan fingerprint density at radius 1 is 1.21 bits per heavy atom. The molecular formula is C14H18N4S. The summed E-state index contributed by atoms with van der Waals surface area (Å²) in [5.74, 6) is 0. The van der Waals surface area contributed by atoms with Gasteiger partial charge in [-0.2, -0.15) is 0 Å². The topological polar surface area (TPSA) is 50.7 Å². The molecule has 19 heavy (non-hydrogen) atoms. The van der Waals surface area contributed by atoms with Crippen LogP contribution < -0.4 is 5.32 Å². The molecule has 0 saturated heterocycles. The number of aryl methyl sites for hydroxylation is 1. The van der Waals surface area contributed by atoms with Crippen molar-refractivity contribution in [3.05, 3.63) is 41.9 Å². The predicted molar refractivity (Wildman–Crippen MR) is 77.1 cm³/mol. The third-order valence-corrected chi connectivity index (χ3v) is 3.45. The van der Waals surface area contributed by atoms with Crippen LogP contribution in [0.4, 0.5) is 0 Å². The molecule has 0 radical (unpaired) electrons. The van der Waals surface area contributed by atoms with E-state index >= 15 is 0 Å². The molecule has 2 rings (SSSR count). The van der Waals surface area contributed by atoms with Gasteiger partial charge in [-0.15, -0.1) is 0 Å². The summed E-state index contributed by atoms with van der Waals surface area (Å²) in [5.41, 5.74) is 2.23. The summed E-state index contributed by atoms with van der Waals surface area (Å²) >= 11 is 1.50. The van der Waals surface area contributed by atoms with Crippen LogP contribution >= 0.6 is 11.8 Å². The fourth-order valence-corrected chi connectivity index (χ4v) is 2.25. The zero-order chi connectivity index (χ0) is 13.7. The highest BCUT2D eigenvalue weighted by atomic mass is 32.2. The molecule has 0 amide bonds. The summed E-state index contributed by atoms with van der Waals surface area (Å²) in [7, 11) is 0. The fraction of sp³-hybridized carbons (Fsp3) is 0.357. The molecule has 4 nitrogen and oxygen atoms in total. The first-order valence-electron chi connectivity index (χ1n) is 6.29. The molecule has 0 fully saturated rings. The number of rotatable bonds is 5. The van der Waals surface area contributed by atoms with Crippen LogP contribution in [0.25, 0.3) is 0 Å². The van der Waals surface area contributed by atoms with Crippen molar-refractivity contribution in [1.82, 2.24) is 20.3 Å². The lowest BCUT2D eigenvalue weighted by Gasteiger charge is -2.10. The summed E-state index contributed by atoms with van der Waals surface area (Å²) in [4.78, 5) is 13.0. The Hall–Kier alpha value is -1.46. The Morgan fingerprint density at radius 3 is 2.63 bits per heavy atom. The van der Waals surface area contributed by atoms with Crippen LogP contribution in [-0.4, -0.2) is 21.0 Å². The van der Waals surface area contributed by atoms with Gasteiger partial charge in [0.1, 0.15) is 5.03 Å². The van der Waals surface area contributed by atoms with Gasteiger partial charge in [0.15, 0.2) is 5.16 Å². The Morgan fingerprint density at radius 2 is 1.95 bits per heavy atom. The van der Waals surface area contributed by atoms with E-state index in [9.17, 15) is 0 Å². The van der Waals surface area contributed by atoms with Crippen LogP contribution in [0.5, 0.6) is 0 Å². The molecule has 0 spiro atoms. The van der Waals surface area contributed by atoms with Crippen molar-refractivity contribution < 1.29 is 0 Å². The molecule has 100 valence electrons. The summed E-state index contributed by atoms with van der Waals surface area (Å²) < 4.78 is 0. The van der Waals surface area contributed by atoms with Gasteiger partial charge in [-0.1, -0.05) is 19.9 Å². The van der Waals surface area contributed by atoms with Crippen molar-refractivity contribution in [2.45, 2.75) is 43.5 Å². The van der Waals surface area contributed by atoms with Gasteiger partial charge < -0.3 is 5.32 Å². The molecule has 2 aromatic heterocycles. The van der Waals surface area contributed by atoms with E-state index in [0.29, 0.717) is 6.04 Å². The minimum Gasteiger partial charge on any atom is -0.310 e. The van der Waals surface area contributed by atoms with E-state index in [4.69, 9.17) is 0 Å². The second-order valence-electron chi connectivity index (χ2n) is 4.65. The first kappa shape index (κ1) is 14.0. The van der Waals surface area contributed by atoms with E-state index < -0.39 is 0 Å². The Bertz CT molecular complexity index is 525. The second-order valence-corrected chi connectivity index (χ2v) is 5.60. The predicted octanol–water partition coefficient (Wildman–Crippen LogP) is 2.83. The van der Waals surface area contributed by atoms with Gasteiger partial charge in [0.05, 0.1) is 0 Å². The van der Waals surface area contributed by atoms with Crippen LogP contribution in [0.3, 0.4) is 0 Å². The van der Waals surface area contributed by atoms with Crippen molar-refractivity contribution in [2.24, 2.45) is 0 Å². The van der Waals surface area contributed by atoms with E-state index in [1.807, 2.05) is 25.4 Å². The van der Waals surface area contributed by atoms with Crippen LogP contribution in [0.15, 0.2) is 40.9 Å². The summed E-state index contributed by atoms with van der Waals surface area (Å²) in [6.07, 6.45) is 5.45. The average Bonchev–Trinajstić information content (AvgIpc) is 2.40. The van der Waals surface area contributed by atoms with Crippen molar-refractivity contribution in [2.75, 3.05) is 0 Å². The maximum absolute atomic E-state index is 4.42. The van der Waals surface area contributed by atoms with Crippen LogP contribution in [-0.2, 0) is 6.54 Å². The first-order valence-corrected chi connectivity index (χ1v) is 7.10. The molecule has 0 aliphatic carbocycles. The van der Waals surface area contributed by atoms with E-state index in [2.05, 4.69) is 40.2 Å². The van der Waals surface area contributed by atoms with Gasteiger partial charge in [-0.3, -0.25) is 0 Å². The highest BCUT2D eigenvalue weighted by Gasteiger charge is 2.07. The molecule has 0 bridgehead atoms. The lowest BCUT2D eigenvalue weighted by atomic mass is 10.2. The number of hydrogen-bond acceptors (Lipinski definition) is 5. The molecule has 2 heterocycles. The Kier molecular flexibility index (Phi) is 4.87. The van der Waals surface area contributed by atoms with Gasteiger partial charge in [0.25, 0.3) is 0 Å². The molecule has 0 aliphatic heterocycles. The maximum atomic E-state index is 4.42. The first-order chi connectivity index (χ1) is 9.15. The number of nitrogens with zero attached hydrogens (tertiary/aromatic N) is 3. The van der Waals surface area contributed by atoms with Crippen molar-refractivity contribution in [3.8, 4) is 0 Å². The number of pyridine rings is 1. The maximum Gasteiger partial charge on any atom is 0.193 e. The Labute approximate surface area is 118 Å². The molecule has 0 unspecified atom stereocenters. The largest absolute Gasteiger partial charge is 0.310 e. The van der Waals surface area contributed by atoms with Crippen LogP contribution in [0.1, 0.15) is 25.0 Å². The molecule has 2 aromatic rings. The standard InChI is InChI=1S/C14H18N4S/c1-10(2)16-9-12-5-4-6-15-13(12)19-14-17-7-11(3)8-18-14/h4-8,10,16H,9H2,1-3H3. The minimum absolute atomic E-state index is 0.452.